The number of aryl methyl sites for hydroxylation is 1. The van der Waals surface area contributed by atoms with Crippen molar-refractivity contribution < 1.29 is 13.2 Å². The van der Waals surface area contributed by atoms with Gasteiger partial charge in [-0.2, -0.15) is 19.6 Å². The second kappa shape index (κ2) is 7.50. The first-order valence-corrected chi connectivity index (χ1v) is 9.87. The second-order valence-corrected chi connectivity index (χ2v) is 8.31. The first kappa shape index (κ1) is 18.5. The predicted molar refractivity (Wildman–Crippen MR) is 93.8 cm³/mol. The smallest absolute Gasteiger partial charge is 0.252 e. The Morgan fingerprint density at radius 1 is 1.27 bits per heavy atom. The minimum absolute atomic E-state index is 0.194. The lowest BCUT2D eigenvalue weighted by Gasteiger charge is -2.31. The molecule has 0 spiro atoms. The maximum absolute atomic E-state index is 12.8. The Kier molecular flexibility index (Phi) is 5.33. The summed E-state index contributed by atoms with van der Waals surface area (Å²) in [6, 6.07) is 1.60. The van der Waals surface area contributed by atoms with Crippen LogP contribution in [0.25, 0.3) is 0 Å². The highest BCUT2D eigenvalue weighted by atomic mass is 32.2. The van der Waals surface area contributed by atoms with Crippen LogP contribution in [0.3, 0.4) is 0 Å². The van der Waals surface area contributed by atoms with Gasteiger partial charge in [0.15, 0.2) is 0 Å². The zero-order valence-electron chi connectivity index (χ0n) is 14.8. The van der Waals surface area contributed by atoms with Crippen LogP contribution in [-0.2, 0) is 17.1 Å². The lowest BCUT2D eigenvalue weighted by Crippen LogP contribution is -2.41. The Morgan fingerprint density at radius 3 is 2.58 bits per heavy atom. The van der Waals surface area contributed by atoms with E-state index in [1.807, 2.05) is 0 Å². The summed E-state index contributed by atoms with van der Waals surface area (Å²) in [6.45, 7) is 3.14. The molecule has 0 unspecified atom stereocenters. The first-order chi connectivity index (χ1) is 12.4. The van der Waals surface area contributed by atoms with Gasteiger partial charge in [0.2, 0.25) is 10.0 Å². The summed E-state index contributed by atoms with van der Waals surface area (Å²) in [4.78, 5) is 12.3. The molecule has 0 aliphatic carbocycles. The highest BCUT2D eigenvalue weighted by Gasteiger charge is 2.31. The molecule has 10 heteroatoms. The van der Waals surface area contributed by atoms with E-state index in [-0.39, 0.29) is 16.7 Å². The Balaban J connectivity index is 1.54. The molecule has 9 nitrogen and oxygen atoms in total. The van der Waals surface area contributed by atoms with Crippen molar-refractivity contribution in [3.05, 3.63) is 35.9 Å². The van der Waals surface area contributed by atoms with Gasteiger partial charge in [-0.25, -0.2) is 8.42 Å². The van der Waals surface area contributed by atoms with Crippen LogP contribution in [0.1, 0.15) is 28.9 Å². The second-order valence-electron chi connectivity index (χ2n) is 6.41. The summed E-state index contributed by atoms with van der Waals surface area (Å²) in [5.41, 5.74) is 1.09. The molecule has 1 aliphatic heterocycles. The monoisotopic (exact) mass is 378 g/mol. The molecule has 0 aromatic carbocycles. The van der Waals surface area contributed by atoms with Gasteiger partial charge in [-0.3, -0.25) is 9.48 Å². The van der Waals surface area contributed by atoms with Gasteiger partial charge in [0.25, 0.3) is 5.91 Å². The van der Waals surface area contributed by atoms with Crippen LogP contribution in [0, 0.1) is 12.8 Å². The van der Waals surface area contributed by atoms with Crippen LogP contribution >= 0.6 is 0 Å². The van der Waals surface area contributed by atoms with Crippen LogP contribution in [0.2, 0.25) is 0 Å². The van der Waals surface area contributed by atoms with Crippen molar-refractivity contribution in [2.45, 2.75) is 24.7 Å². The molecule has 0 bridgehead atoms. The maximum Gasteiger partial charge on any atom is 0.252 e. The number of piperidine rings is 1. The van der Waals surface area contributed by atoms with Crippen molar-refractivity contribution in [3.8, 4) is 0 Å². The fraction of sp³-hybridized carbons (Fsp3) is 0.500. The molecule has 3 heterocycles. The molecule has 2 aromatic heterocycles. The average Bonchev–Trinajstić information content (AvgIpc) is 3.00. The number of nitrogens with zero attached hydrogens (tertiary/aromatic N) is 5. The molecule has 2 aromatic rings. The predicted octanol–water partition coefficient (Wildman–Crippen LogP) is 0.349. The van der Waals surface area contributed by atoms with Crippen LogP contribution in [-0.4, -0.2) is 58.2 Å². The molecule has 140 valence electrons. The maximum atomic E-state index is 12.8. The minimum atomic E-state index is -3.52. The number of amides is 1. The number of carbonyl (C=O) groups is 1. The molecule has 3 rings (SSSR count). The van der Waals surface area contributed by atoms with Crippen LogP contribution in [0.4, 0.5) is 0 Å². The number of hydrogen-bond acceptors (Lipinski definition) is 6. The van der Waals surface area contributed by atoms with E-state index in [2.05, 4.69) is 20.6 Å². The van der Waals surface area contributed by atoms with E-state index >= 15 is 0 Å². The van der Waals surface area contributed by atoms with Gasteiger partial charge in [-0.15, -0.1) is 0 Å². The van der Waals surface area contributed by atoms with E-state index in [1.165, 1.54) is 22.9 Å². The molecule has 1 saturated heterocycles. The Bertz CT molecular complexity index is 873. The van der Waals surface area contributed by atoms with Crippen molar-refractivity contribution in [2.24, 2.45) is 13.0 Å². The zero-order valence-corrected chi connectivity index (χ0v) is 15.6. The molecule has 0 saturated carbocycles. The summed E-state index contributed by atoms with van der Waals surface area (Å²) in [6.07, 6.45) is 5.69. The third-order valence-electron chi connectivity index (χ3n) is 4.78. The van der Waals surface area contributed by atoms with Crippen molar-refractivity contribution in [3.63, 3.8) is 0 Å². The molecule has 1 fully saturated rings. The third-order valence-corrected chi connectivity index (χ3v) is 6.78. The van der Waals surface area contributed by atoms with Crippen molar-refractivity contribution in [2.75, 3.05) is 19.6 Å². The van der Waals surface area contributed by atoms with Gasteiger partial charge in [-0.05, 0) is 31.7 Å². The van der Waals surface area contributed by atoms with E-state index in [0.717, 1.165) is 0 Å². The van der Waals surface area contributed by atoms with Gasteiger partial charge >= 0.3 is 0 Å². The molecule has 26 heavy (non-hydrogen) atoms. The quantitative estimate of drug-likeness (QED) is 0.804. The minimum Gasteiger partial charge on any atom is -0.352 e. The fourth-order valence-corrected chi connectivity index (χ4v) is 4.64. The summed E-state index contributed by atoms with van der Waals surface area (Å²) in [5, 5.41) is 14.2. The molecule has 0 radical (unpaired) electrons. The van der Waals surface area contributed by atoms with Gasteiger partial charge in [-0.1, -0.05) is 0 Å². The number of hydrogen-bond donors (Lipinski definition) is 1. The van der Waals surface area contributed by atoms with E-state index in [1.54, 1.807) is 24.7 Å². The van der Waals surface area contributed by atoms with E-state index < -0.39 is 10.0 Å². The van der Waals surface area contributed by atoms with E-state index in [4.69, 9.17) is 0 Å². The van der Waals surface area contributed by atoms with Crippen molar-refractivity contribution in [1.29, 1.82) is 0 Å². The van der Waals surface area contributed by atoms with E-state index in [0.29, 0.717) is 43.7 Å². The Labute approximate surface area is 152 Å². The molecular formula is C16H22N6O3S. The number of sulfonamides is 1. The fourth-order valence-electron chi connectivity index (χ4n) is 2.99. The first-order valence-electron chi connectivity index (χ1n) is 8.43. The average molecular weight is 378 g/mol. The summed E-state index contributed by atoms with van der Waals surface area (Å²) >= 11 is 0. The van der Waals surface area contributed by atoms with Gasteiger partial charge < -0.3 is 5.32 Å². The van der Waals surface area contributed by atoms with Crippen LogP contribution in [0.5, 0.6) is 0 Å². The number of carbonyl (C=O) groups excluding carboxylic acids is 1. The molecular weight excluding hydrogens is 356 g/mol. The third kappa shape index (κ3) is 3.75. The van der Waals surface area contributed by atoms with Crippen LogP contribution < -0.4 is 5.32 Å². The zero-order chi connectivity index (χ0) is 18.7. The summed E-state index contributed by atoms with van der Waals surface area (Å²) < 4.78 is 28.6. The molecule has 1 amide bonds. The lowest BCUT2D eigenvalue weighted by molar-refractivity contribution is 0.0941. The number of aromatic nitrogens is 4. The van der Waals surface area contributed by atoms with Crippen molar-refractivity contribution in [1.82, 2.24) is 29.6 Å². The standard InChI is InChI=1S/C16H22N6O3S/c1-12-15(11-20-21(12)2)26(24,25)22-7-4-13(5-8-22)9-17-16(23)14-3-6-18-19-10-14/h3,6,10-11,13H,4-5,7-9H2,1-2H3,(H,17,23). The Hall–Kier alpha value is -2.33. The molecule has 1 N–H and O–H groups in total. The van der Waals surface area contributed by atoms with Gasteiger partial charge in [0, 0.05) is 26.7 Å². The largest absolute Gasteiger partial charge is 0.352 e. The summed E-state index contributed by atoms with van der Waals surface area (Å²) in [5.74, 6) is 0.0520. The number of rotatable bonds is 5. The number of nitrogens with one attached hydrogen (secondary N) is 1. The highest BCUT2D eigenvalue weighted by Crippen LogP contribution is 2.25. The normalized spacial score (nSPS) is 16.5. The Morgan fingerprint density at radius 2 is 2.00 bits per heavy atom. The van der Waals surface area contributed by atoms with Crippen molar-refractivity contribution >= 4 is 15.9 Å². The molecule has 1 aliphatic rings. The SMILES string of the molecule is Cc1c(S(=O)(=O)N2CCC(CNC(=O)c3ccnnc3)CC2)cnn1C. The topological polar surface area (TPSA) is 110 Å². The van der Waals surface area contributed by atoms with E-state index in [9.17, 15) is 13.2 Å². The lowest BCUT2D eigenvalue weighted by atomic mass is 9.98. The summed E-state index contributed by atoms with van der Waals surface area (Å²) in [7, 11) is -1.80. The van der Waals surface area contributed by atoms with Crippen LogP contribution in [0.15, 0.2) is 29.6 Å². The molecule has 0 atom stereocenters. The van der Waals surface area contributed by atoms with Gasteiger partial charge in [0.1, 0.15) is 4.90 Å². The highest BCUT2D eigenvalue weighted by molar-refractivity contribution is 7.89. The van der Waals surface area contributed by atoms with Gasteiger partial charge in [0.05, 0.1) is 29.8 Å².